The molecule has 0 fully saturated rings. The minimum atomic E-state index is -0.331. The zero-order valence-corrected chi connectivity index (χ0v) is 10.1. The first-order valence-corrected chi connectivity index (χ1v) is 5.57. The third kappa shape index (κ3) is 2.66. The van der Waals surface area contributed by atoms with Gasteiger partial charge >= 0.3 is 5.97 Å². The molecule has 0 bridgehead atoms. The van der Waals surface area contributed by atoms with Crippen LogP contribution in [-0.4, -0.2) is 18.1 Å². The van der Waals surface area contributed by atoms with E-state index in [0.29, 0.717) is 17.8 Å². The molecular weight excluding hydrogens is 228 g/mol. The van der Waals surface area contributed by atoms with Gasteiger partial charge in [0.2, 0.25) is 0 Å². The molecule has 0 amide bonds. The van der Waals surface area contributed by atoms with Gasteiger partial charge in [-0.2, -0.15) is 0 Å². The van der Waals surface area contributed by atoms with Gasteiger partial charge < -0.3 is 10.5 Å². The van der Waals surface area contributed by atoms with Crippen LogP contribution in [0.4, 0.5) is 5.82 Å². The first-order valence-electron chi connectivity index (χ1n) is 5.57. The summed E-state index contributed by atoms with van der Waals surface area (Å²) >= 11 is 0. The first kappa shape index (κ1) is 12.1. The first-order chi connectivity index (χ1) is 8.70. The Bertz CT molecular complexity index is 550. The number of ether oxygens (including phenoxy) is 1. The number of benzene rings is 1. The van der Waals surface area contributed by atoms with Crippen LogP contribution in [0.1, 0.15) is 21.5 Å². The molecule has 0 radical (unpaired) electrons. The van der Waals surface area contributed by atoms with Gasteiger partial charge in [0, 0.05) is 12.6 Å². The lowest BCUT2D eigenvalue weighted by Crippen LogP contribution is -2.02. The lowest BCUT2D eigenvalue weighted by Gasteiger charge is -2.05. The molecule has 0 aliphatic heterocycles. The second kappa shape index (κ2) is 5.31. The highest BCUT2D eigenvalue weighted by molar-refractivity contribution is 5.89. The monoisotopic (exact) mass is 242 g/mol. The summed E-state index contributed by atoms with van der Waals surface area (Å²) in [6, 6.07) is 11.1. The van der Waals surface area contributed by atoms with E-state index < -0.39 is 0 Å². The van der Waals surface area contributed by atoms with Crippen LogP contribution < -0.4 is 5.73 Å². The smallest absolute Gasteiger partial charge is 0.337 e. The Morgan fingerprint density at radius 1 is 1.28 bits per heavy atom. The number of nitrogen functional groups attached to an aromatic ring is 1. The highest BCUT2D eigenvalue weighted by atomic mass is 16.5. The normalized spacial score (nSPS) is 10.1. The maximum absolute atomic E-state index is 11.3. The standard InChI is InChI=1S/C14H14N2O2/c1-18-14(17)11-6-4-10(5-7-11)9-12-3-2-8-16-13(12)15/h2-8H,9H2,1H3,(H2,15,16). The predicted molar refractivity (Wildman–Crippen MR) is 69.2 cm³/mol. The Labute approximate surface area is 105 Å². The number of hydrogen-bond donors (Lipinski definition) is 1. The van der Waals surface area contributed by atoms with Gasteiger partial charge in [-0.1, -0.05) is 18.2 Å². The van der Waals surface area contributed by atoms with E-state index in [0.717, 1.165) is 11.1 Å². The highest BCUT2D eigenvalue weighted by Crippen LogP contribution is 2.14. The van der Waals surface area contributed by atoms with Crippen LogP contribution in [0.25, 0.3) is 0 Å². The van der Waals surface area contributed by atoms with E-state index in [9.17, 15) is 4.79 Å². The number of esters is 1. The summed E-state index contributed by atoms with van der Waals surface area (Å²) in [5.74, 6) is 0.206. The number of methoxy groups -OCH3 is 1. The Kier molecular flexibility index (Phi) is 3.57. The minimum absolute atomic E-state index is 0.331. The third-order valence-electron chi connectivity index (χ3n) is 2.70. The van der Waals surface area contributed by atoms with E-state index in [1.165, 1.54) is 7.11 Å². The summed E-state index contributed by atoms with van der Waals surface area (Å²) in [6.07, 6.45) is 2.36. The number of anilines is 1. The fraction of sp³-hybridized carbons (Fsp3) is 0.143. The van der Waals surface area contributed by atoms with Crippen LogP contribution in [0.3, 0.4) is 0 Å². The topological polar surface area (TPSA) is 65.2 Å². The molecule has 1 aromatic carbocycles. The second-order valence-corrected chi connectivity index (χ2v) is 3.91. The van der Waals surface area contributed by atoms with E-state index >= 15 is 0 Å². The molecule has 0 unspecified atom stereocenters. The predicted octanol–water partition coefficient (Wildman–Crippen LogP) is 2.04. The van der Waals surface area contributed by atoms with Gasteiger partial charge in [-0.05, 0) is 29.3 Å². The summed E-state index contributed by atoms with van der Waals surface area (Å²) in [7, 11) is 1.37. The number of hydrogen-bond acceptors (Lipinski definition) is 4. The number of carbonyl (C=O) groups excluding carboxylic acids is 1. The molecule has 4 nitrogen and oxygen atoms in total. The molecule has 0 aliphatic rings. The van der Waals surface area contributed by atoms with Gasteiger partial charge in [-0.25, -0.2) is 9.78 Å². The van der Waals surface area contributed by atoms with Crippen molar-refractivity contribution in [3.05, 3.63) is 59.3 Å². The average molecular weight is 242 g/mol. The van der Waals surface area contributed by atoms with Crippen LogP contribution >= 0.6 is 0 Å². The lowest BCUT2D eigenvalue weighted by molar-refractivity contribution is 0.0600. The molecule has 2 N–H and O–H groups in total. The van der Waals surface area contributed by atoms with Crippen molar-refractivity contribution in [1.29, 1.82) is 0 Å². The molecule has 2 aromatic rings. The number of pyridine rings is 1. The van der Waals surface area contributed by atoms with Crippen LogP contribution in [0.2, 0.25) is 0 Å². The van der Waals surface area contributed by atoms with Gasteiger partial charge in [-0.15, -0.1) is 0 Å². The number of aromatic nitrogens is 1. The average Bonchev–Trinajstić information content (AvgIpc) is 2.41. The minimum Gasteiger partial charge on any atom is -0.465 e. The zero-order valence-electron chi connectivity index (χ0n) is 10.1. The van der Waals surface area contributed by atoms with E-state index in [2.05, 4.69) is 9.72 Å². The molecule has 1 aromatic heterocycles. The Morgan fingerprint density at radius 3 is 2.61 bits per heavy atom. The Balaban J connectivity index is 2.16. The summed E-state index contributed by atoms with van der Waals surface area (Å²) in [4.78, 5) is 15.3. The van der Waals surface area contributed by atoms with Crippen LogP contribution in [0.15, 0.2) is 42.6 Å². The van der Waals surface area contributed by atoms with Crippen molar-refractivity contribution in [3.63, 3.8) is 0 Å². The van der Waals surface area contributed by atoms with E-state index in [1.807, 2.05) is 24.3 Å². The molecule has 0 atom stereocenters. The van der Waals surface area contributed by atoms with Gasteiger partial charge in [0.1, 0.15) is 5.82 Å². The molecule has 18 heavy (non-hydrogen) atoms. The number of nitrogens with two attached hydrogens (primary N) is 1. The van der Waals surface area contributed by atoms with Crippen molar-refractivity contribution < 1.29 is 9.53 Å². The SMILES string of the molecule is COC(=O)c1ccc(Cc2cccnc2N)cc1. The fourth-order valence-electron chi connectivity index (χ4n) is 1.70. The van der Waals surface area contributed by atoms with Crippen LogP contribution in [0.5, 0.6) is 0 Å². The van der Waals surface area contributed by atoms with E-state index in [-0.39, 0.29) is 5.97 Å². The van der Waals surface area contributed by atoms with Crippen molar-refractivity contribution in [2.45, 2.75) is 6.42 Å². The number of nitrogens with zero attached hydrogens (tertiary/aromatic N) is 1. The second-order valence-electron chi connectivity index (χ2n) is 3.91. The third-order valence-corrected chi connectivity index (χ3v) is 2.70. The molecule has 2 rings (SSSR count). The molecule has 0 aliphatic carbocycles. The van der Waals surface area contributed by atoms with E-state index in [4.69, 9.17) is 5.73 Å². The lowest BCUT2D eigenvalue weighted by atomic mass is 10.0. The molecular formula is C14H14N2O2. The quantitative estimate of drug-likeness (QED) is 0.836. The maximum Gasteiger partial charge on any atom is 0.337 e. The van der Waals surface area contributed by atoms with Crippen molar-refractivity contribution in [1.82, 2.24) is 4.98 Å². The van der Waals surface area contributed by atoms with Crippen molar-refractivity contribution in [2.75, 3.05) is 12.8 Å². The molecule has 4 heteroatoms. The largest absolute Gasteiger partial charge is 0.465 e. The Morgan fingerprint density at radius 2 is 2.00 bits per heavy atom. The highest BCUT2D eigenvalue weighted by Gasteiger charge is 2.05. The summed E-state index contributed by atoms with van der Waals surface area (Å²) in [6.45, 7) is 0. The fourth-order valence-corrected chi connectivity index (χ4v) is 1.70. The molecule has 1 heterocycles. The van der Waals surface area contributed by atoms with Gasteiger partial charge in [-0.3, -0.25) is 0 Å². The zero-order chi connectivity index (χ0) is 13.0. The van der Waals surface area contributed by atoms with Crippen LogP contribution in [-0.2, 0) is 11.2 Å². The van der Waals surface area contributed by atoms with Gasteiger partial charge in [0.05, 0.1) is 12.7 Å². The summed E-state index contributed by atoms with van der Waals surface area (Å²) in [5, 5.41) is 0. The number of carbonyl (C=O) groups is 1. The van der Waals surface area contributed by atoms with E-state index in [1.54, 1.807) is 18.3 Å². The van der Waals surface area contributed by atoms with Crippen LogP contribution in [0, 0.1) is 0 Å². The molecule has 0 saturated heterocycles. The summed E-state index contributed by atoms with van der Waals surface area (Å²) < 4.78 is 4.64. The molecule has 0 saturated carbocycles. The maximum atomic E-state index is 11.3. The van der Waals surface area contributed by atoms with Gasteiger partial charge in [0.15, 0.2) is 0 Å². The van der Waals surface area contributed by atoms with Crippen molar-refractivity contribution in [3.8, 4) is 0 Å². The number of rotatable bonds is 3. The Hall–Kier alpha value is -2.36. The summed E-state index contributed by atoms with van der Waals surface area (Å²) in [5.41, 5.74) is 8.37. The molecule has 0 spiro atoms. The van der Waals surface area contributed by atoms with Crippen molar-refractivity contribution in [2.24, 2.45) is 0 Å². The molecule has 92 valence electrons. The van der Waals surface area contributed by atoms with Crippen molar-refractivity contribution >= 4 is 11.8 Å². The van der Waals surface area contributed by atoms with Gasteiger partial charge in [0.25, 0.3) is 0 Å².